The largest absolute Gasteiger partial charge is 0.455 e. The molecular formula is C58H36N4O. The Balaban J connectivity index is 1.05. The highest BCUT2D eigenvalue weighted by molar-refractivity contribution is 6.12. The van der Waals surface area contributed by atoms with Crippen molar-refractivity contribution in [3.05, 3.63) is 241 Å². The van der Waals surface area contributed by atoms with Gasteiger partial charge in [0, 0.05) is 38.4 Å². The van der Waals surface area contributed by atoms with Gasteiger partial charge in [-0.15, -0.1) is 0 Å². The van der Waals surface area contributed by atoms with E-state index >= 15 is 0 Å². The zero-order valence-electron chi connectivity index (χ0n) is 34.0. The Bertz CT molecular complexity index is 3700. The van der Waals surface area contributed by atoms with Crippen molar-refractivity contribution in [3.8, 4) is 51.0 Å². The van der Waals surface area contributed by atoms with Gasteiger partial charge in [-0.2, -0.15) is 0 Å². The van der Waals surface area contributed by atoms with Crippen molar-refractivity contribution in [1.29, 1.82) is 0 Å². The first-order valence-electron chi connectivity index (χ1n) is 21.4. The first-order chi connectivity index (χ1) is 31.2. The number of benzene rings is 9. The number of para-hydroxylation sites is 3. The van der Waals surface area contributed by atoms with Crippen LogP contribution < -0.4 is 0 Å². The minimum absolute atomic E-state index is 0.524. The lowest BCUT2D eigenvalue weighted by molar-refractivity contribution is 0.669. The lowest BCUT2D eigenvalue weighted by Crippen LogP contribution is -2.28. The molecule has 0 bridgehead atoms. The van der Waals surface area contributed by atoms with Crippen LogP contribution in [-0.2, 0) is 5.41 Å². The molecule has 0 amide bonds. The number of aromatic nitrogens is 4. The van der Waals surface area contributed by atoms with E-state index in [-0.39, 0.29) is 0 Å². The molecular weight excluding hydrogens is 769 g/mol. The smallest absolute Gasteiger partial charge is 0.167 e. The molecule has 0 unspecified atom stereocenters. The van der Waals surface area contributed by atoms with Crippen molar-refractivity contribution in [2.45, 2.75) is 5.41 Å². The number of hydrogen-bond acceptors (Lipinski definition) is 4. The summed E-state index contributed by atoms with van der Waals surface area (Å²) in [6.45, 7) is 0. The first-order valence-corrected chi connectivity index (χ1v) is 21.4. The van der Waals surface area contributed by atoms with Crippen LogP contribution in [0.3, 0.4) is 0 Å². The van der Waals surface area contributed by atoms with Crippen LogP contribution in [0.15, 0.2) is 223 Å². The molecule has 1 aliphatic rings. The van der Waals surface area contributed by atoms with Crippen LogP contribution in [0, 0.1) is 0 Å². The fourth-order valence-corrected chi connectivity index (χ4v) is 10.2. The number of fused-ring (bicyclic) bond motifs is 9. The van der Waals surface area contributed by atoms with E-state index in [9.17, 15) is 0 Å². The van der Waals surface area contributed by atoms with Crippen molar-refractivity contribution in [1.82, 2.24) is 19.5 Å². The summed E-state index contributed by atoms with van der Waals surface area (Å²) >= 11 is 0. The molecule has 1 aliphatic carbocycles. The van der Waals surface area contributed by atoms with Gasteiger partial charge >= 0.3 is 0 Å². The summed E-state index contributed by atoms with van der Waals surface area (Å²) in [6.07, 6.45) is 0. The van der Waals surface area contributed by atoms with Gasteiger partial charge in [0.15, 0.2) is 17.5 Å². The lowest BCUT2D eigenvalue weighted by atomic mass is 9.67. The summed E-state index contributed by atoms with van der Waals surface area (Å²) in [5.41, 5.74) is 14.5. The van der Waals surface area contributed by atoms with Gasteiger partial charge in [-0.3, -0.25) is 0 Å². The zero-order valence-corrected chi connectivity index (χ0v) is 34.0. The van der Waals surface area contributed by atoms with Crippen molar-refractivity contribution in [3.63, 3.8) is 0 Å². The molecule has 3 aromatic heterocycles. The third-order valence-corrected chi connectivity index (χ3v) is 12.9. The highest BCUT2D eigenvalue weighted by atomic mass is 16.3. The van der Waals surface area contributed by atoms with Gasteiger partial charge in [-0.25, -0.2) is 15.0 Å². The fraction of sp³-hybridized carbons (Fsp3) is 0.0172. The maximum Gasteiger partial charge on any atom is 0.167 e. The van der Waals surface area contributed by atoms with Gasteiger partial charge in [0.1, 0.15) is 11.2 Å². The van der Waals surface area contributed by atoms with Crippen LogP contribution in [0.2, 0.25) is 0 Å². The Morgan fingerprint density at radius 1 is 0.365 bits per heavy atom. The van der Waals surface area contributed by atoms with Gasteiger partial charge in [0.05, 0.1) is 22.0 Å². The molecule has 0 saturated heterocycles. The summed E-state index contributed by atoms with van der Waals surface area (Å²) < 4.78 is 8.91. The molecule has 5 nitrogen and oxygen atoms in total. The van der Waals surface area contributed by atoms with E-state index < -0.39 is 5.41 Å². The molecule has 0 N–H and O–H groups in total. The molecule has 0 spiro atoms. The molecule has 12 aromatic rings. The third kappa shape index (κ3) is 5.27. The summed E-state index contributed by atoms with van der Waals surface area (Å²) in [6, 6.07) is 77.6. The van der Waals surface area contributed by atoms with Crippen molar-refractivity contribution < 1.29 is 4.42 Å². The normalized spacial score (nSPS) is 12.9. The van der Waals surface area contributed by atoms with Gasteiger partial charge in [0.2, 0.25) is 0 Å². The average molecular weight is 805 g/mol. The van der Waals surface area contributed by atoms with Crippen molar-refractivity contribution >= 4 is 43.7 Å². The average Bonchev–Trinajstić information content (AvgIpc) is 4.00. The Morgan fingerprint density at radius 2 is 0.952 bits per heavy atom. The summed E-state index contributed by atoms with van der Waals surface area (Å²) in [4.78, 5) is 15.5. The van der Waals surface area contributed by atoms with Crippen LogP contribution in [0.25, 0.3) is 94.7 Å². The second-order valence-electron chi connectivity index (χ2n) is 16.3. The van der Waals surface area contributed by atoms with E-state index in [4.69, 9.17) is 19.4 Å². The first kappa shape index (κ1) is 35.4. The molecule has 63 heavy (non-hydrogen) atoms. The Hall–Kier alpha value is -8.41. The van der Waals surface area contributed by atoms with E-state index in [1.54, 1.807) is 0 Å². The number of furan rings is 1. The topological polar surface area (TPSA) is 56.7 Å². The van der Waals surface area contributed by atoms with Crippen molar-refractivity contribution in [2.24, 2.45) is 0 Å². The van der Waals surface area contributed by atoms with Gasteiger partial charge < -0.3 is 8.98 Å². The molecule has 0 radical (unpaired) electrons. The van der Waals surface area contributed by atoms with Crippen LogP contribution in [0.1, 0.15) is 22.3 Å². The van der Waals surface area contributed by atoms with Crippen LogP contribution in [0.4, 0.5) is 0 Å². The minimum Gasteiger partial charge on any atom is -0.455 e. The predicted molar refractivity (Wildman–Crippen MR) is 255 cm³/mol. The molecule has 9 aromatic carbocycles. The van der Waals surface area contributed by atoms with E-state index in [2.05, 4.69) is 162 Å². The predicted octanol–water partition coefficient (Wildman–Crippen LogP) is 14.2. The number of hydrogen-bond donors (Lipinski definition) is 0. The van der Waals surface area contributed by atoms with Crippen LogP contribution in [0.5, 0.6) is 0 Å². The molecule has 0 fully saturated rings. The van der Waals surface area contributed by atoms with Crippen LogP contribution in [-0.4, -0.2) is 19.5 Å². The molecule has 13 rings (SSSR count). The molecule has 294 valence electrons. The quantitative estimate of drug-likeness (QED) is 0.168. The Labute approximate surface area is 363 Å². The van der Waals surface area contributed by atoms with Gasteiger partial charge in [-0.1, -0.05) is 176 Å². The maximum atomic E-state index is 6.50. The van der Waals surface area contributed by atoms with E-state index in [0.717, 1.165) is 55.3 Å². The highest BCUT2D eigenvalue weighted by Gasteiger charge is 2.46. The van der Waals surface area contributed by atoms with Crippen LogP contribution >= 0.6 is 0 Å². The fourth-order valence-electron chi connectivity index (χ4n) is 10.2. The zero-order chi connectivity index (χ0) is 41.5. The minimum atomic E-state index is -0.524. The SMILES string of the molecule is c1ccc(-c2nc(-c3cccc(-n4c5ccccc5c5cc6c(cc54)C(c4ccccc4)(c4ccccc4)c4ccccc4-6)c3)nc(-c3cccc4c3oc3ccccc34)n2)cc1. The molecule has 0 atom stereocenters. The molecule has 5 heteroatoms. The maximum absolute atomic E-state index is 6.50. The van der Waals surface area contributed by atoms with Gasteiger partial charge in [-0.05, 0) is 75.8 Å². The summed E-state index contributed by atoms with van der Waals surface area (Å²) in [5.74, 6) is 1.73. The summed E-state index contributed by atoms with van der Waals surface area (Å²) in [5, 5.41) is 4.49. The Morgan fingerprint density at radius 3 is 1.75 bits per heavy atom. The van der Waals surface area contributed by atoms with E-state index in [1.165, 1.54) is 44.2 Å². The molecule has 3 heterocycles. The number of rotatable bonds is 6. The molecule has 0 saturated carbocycles. The van der Waals surface area contributed by atoms with Crippen molar-refractivity contribution in [2.75, 3.05) is 0 Å². The van der Waals surface area contributed by atoms with E-state index in [1.807, 2.05) is 60.7 Å². The molecule has 0 aliphatic heterocycles. The van der Waals surface area contributed by atoms with Gasteiger partial charge in [0.25, 0.3) is 0 Å². The summed E-state index contributed by atoms with van der Waals surface area (Å²) in [7, 11) is 0. The number of nitrogens with zero attached hydrogens (tertiary/aromatic N) is 4. The second-order valence-corrected chi connectivity index (χ2v) is 16.3. The standard InChI is InChI=1S/C58H36N4O/c1-4-18-37(19-5-1)55-59-56(61-57(60-55)46-30-17-29-45-44-28-12-15-33-53(44)63-54(45)46)38-20-16-25-41(34-38)62-51-32-14-11-27-43(51)48-35-47-42-26-10-13-31-49(42)58(50(47)36-52(48)62,39-21-6-2-7-22-39)40-23-8-3-9-24-40/h1-36H. The Kier molecular flexibility index (Phi) is 7.75. The lowest BCUT2D eigenvalue weighted by Gasteiger charge is -2.34. The van der Waals surface area contributed by atoms with E-state index in [0.29, 0.717) is 17.5 Å². The second kappa shape index (κ2) is 13.8. The third-order valence-electron chi connectivity index (χ3n) is 12.9. The highest BCUT2D eigenvalue weighted by Crippen LogP contribution is 2.57. The monoisotopic (exact) mass is 804 g/mol.